The van der Waals surface area contributed by atoms with E-state index in [-0.39, 0.29) is 0 Å². The molecule has 0 fully saturated rings. The van der Waals surface area contributed by atoms with Crippen molar-refractivity contribution in [3.63, 3.8) is 0 Å². The molecule has 2 nitrogen and oxygen atoms in total. The van der Waals surface area contributed by atoms with Crippen molar-refractivity contribution in [2.45, 2.75) is 34.1 Å². The maximum absolute atomic E-state index is 2.43. The van der Waals surface area contributed by atoms with E-state index in [9.17, 15) is 0 Å². The number of rotatable bonds is 4. The Kier molecular flexibility index (Phi) is 6.91. The highest BCUT2D eigenvalue weighted by Crippen LogP contribution is 2.43. The summed E-state index contributed by atoms with van der Waals surface area (Å²) in [6, 6.07) is 59.4. The molecule has 10 aromatic rings. The third-order valence-corrected chi connectivity index (χ3v) is 12.1. The molecule has 2 heterocycles. The van der Waals surface area contributed by atoms with Gasteiger partial charge in [0.25, 0.3) is 0 Å². The lowest BCUT2D eigenvalue weighted by atomic mass is 9.95. The van der Waals surface area contributed by atoms with Crippen molar-refractivity contribution in [1.29, 1.82) is 0 Å². The van der Waals surface area contributed by atoms with Crippen LogP contribution in [0.5, 0.6) is 0 Å². The Balaban J connectivity index is 1.02. The molecule has 11 rings (SSSR count). The molecule has 0 unspecified atom stereocenters. The first-order valence-corrected chi connectivity index (χ1v) is 19.4. The van der Waals surface area contributed by atoms with Crippen LogP contribution in [0.3, 0.4) is 0 Å². The number of nitrogens with zero attached hydrogens (tertiary/aromatic N) is 2. The van der Waals surface area contributed by atoms with E-state index in [4.69, 9.17) is 0 Å². The van der Waals surface area contributed by atoms with E-state index in [1.807, 2.05) is 0 Å². The standard InChI is InChI=1S/C53H40N2/c1-32-13-21-50-44(25-32)46-30-38(19-23-52(46)54(50)48-11-7-5-9-34(48)3)36-15-17-40-27-41-18-16-37(29-43(41)42(40)28-36)39-20-24-53-47(31-39)45-26-33(2)14-22-51(45)55(53)49-12-8-6-10-35(49)4/h5-26,28-31H,27H2,1-4H3. The molecular weight excluding hydrogens is 665 g/mol. The van der Waals surface area contributed by atoms with Crippen LogP contribution in [-0.4, -0.2) is 9.13 Å². The van der Waals surface area contributed by atoms with Crippen LogP contribution >= 0.6 is 0 Å². The first kappa shape index (κ1) is 31.8. The maximum Gasteiger partial charge on any atom is 0.0541 e. The fourth-order valence-corrected chi connectivity index (χ4v) is 9.31. The molecule has 1 aliphatic rings. The summed E-state index contributed by atoms with van der Waals surface area (Å²) in [4.78, 5) is 0. The van der Waals surface area contributed by atoms with Crippen LogP contribution in [-0.2, 0) is 6.42 Å². The molecule has 55 heavy (non-hydrogen) atoms. The molecule has 0 atom stereocenters. The zero-order valence-electron chi connectivity index (χ0n) is 31.6. The van der Waals surface area contributed by atoms with Crippen molar-refractivity contribution in [1.82, 2.24) is 9.13 Å². The van der Waals surface area contributed by atoms with Gasteiger partial charge in [0, 0.05) is 32.9 Å². The molecule has 0 saturated carbocycles. The van der Waals surface area contributed by atoms with Crippen LogP contribution in [0.15, 0.2) is 158 Å². The van der Waals surface area contributed by atoms with Gasteiger partial charge in [-0.3, -0.25) is 0 Å². The van der Waals surface area contributed by atoms with E-state index in [0.717, 1.165) is 6.42 Å². The zero-order chi connectivity index (χ0) is 36.9. The largest absolute Gasteiger partial charge is 0.309 e. The van der Waals surface area contributed by atoms with Gasteiger partial charge < -0.3 is 9.13 Å². The number of benzene rings is 8. The SMILES string of the molecule is Cc1ccc2c(c1)c1cc(-c3ccc4c(c3)-c3cc(-c5ccc6c(c5)c5cc(C)ccc5n6-c5ccccc5C)ccc3C4)ccc1n2-c1ccccc1C. The van der Waals surface area contributed by atoms with Gasteiger partial charge in [-0.1, -0.05) is 96.1 Å². The van der Waals surface area contributed by atoms with Crippen LogP contribution in [0.25, 0.3) is 88.4 Å². The molecule has 262 valence electrons. The number of para-hydroxylation sites is 2. The Morgan fingerprint density at radius 2 is 0.709 bits per heavy atom. The second kappa shape index (κ2) is 11.9. The van der Waals surface area contributed by atoms with E-state index in [0.29, 0.717) is 0 Å². The number of fused-ring (bicyclic) bond motifs is 9. The first-order chi connectivity index (χ1) is 26.9. The summed E-state index contributed by atoms with van der Waals surface area (Å²) in [6.07, 6.45) is 0.968. The minimum Gasteiger partial charge on any atom is -0.309 e. The van der Waals surface area contributed by atoms with Crippen molar-refractivity contribution >= 4 is 43.6 Å². The molecule has 0 radical (unpaired) electrons. The van der Waals surface area contributed by atoms with Gasteiger partial charge in [-0.25, -0.2) is 0 Å². The maximum atomic E-state index is 2.43. The highest BCUT2D eigenvalue weighted by molar-refractivity contribution is 6.12. The van der Waals surface area contributed by atoms with Gasteiger partial charge in [-0.05, 0) is 163 Å². The van der Waals surface area contributed by atoms with Crippen LogP contribution < -0.4 is 0 Å². The van der Waals surface area contributed by atoms with Crippen LogP contribution in [0.1, 0.15) is 33.4 Å². The molecule has 8 aromatic carbocycles. The van der Waals surface area contributed by atoms with Gasteiger partial charge in [0.2, 0.25) is 0 Å². The normalized spacial score (nSPS) is 12.3. The summed E-state index contributed by atoms with van der Waals surface area (Å²) in [5.74, 6) is 0. The lowest BCUT2D eigenvalue weighted by Crippen LogP contribution is -1.96. The number of hydrogen-bond donors (Lipinski definition) is 0. The van der Waals surface area contributed by atoms with Gasteiger partial charge in [0.1, 0.15) is 0 Å². The summed E-state index contributed by atoms with van der Waals surface area (Å²) in [6.45, 7) is 8.78. The number of aromatic nitrogens is 2. The molecule has 2 aromatic heterocycles. The second-order valence-electron chi connectivity index (χ2n) is 15.7. The van der Waals surface area contributed by atoms with Crippen molar-refractivity contribution in [2.24, 2.45) is 0 Å². The Hall–Kier alpha value is -6.64. The minimum absolute atomic E-state index is 0.968. The van der Waals surface area contributed by atoms with Crippen LogP contribution in [0, 0.1) is 27.7 Å². The Morgan fingerprint density at radius 1 is 0.345 bits per heavy atom. The third-order valence-electron chi connectivity index (χ3n) is 12.1. The van der Waals surface area contributed by atoms with Crippen LogP contribution in [0.2, 0.25) is 0 Å². The van der Waals surface area contributed by atoms with Crippen molar-refractivity contribution in [2.75, 3.05) is 0 Å². The van der Waals surface area contributed by atoms with Crippen molar-refractivity contribution < 1.29 is 0 Å². The van der Waals surface area contributed by atoms with E-state index in [2.05, 4.69) is 195 Å². The number of hydrogen-bond acceptors (Lipinski definition) is 0. The van der Waals surface area contributed by atoms with Gasteiger partial charge in [0.15, 0.2) is 0 Å². The molecule has 1 aliphatic carbocycles. The van der Waals surface area contributed by atoms with E-state index >= 15 is 0 Å². The molecule has 0 bridgehead atoms. The average Bonchev–Trinajstić information content (AvgIpc) is 3.84. The lowest BCUT2D eigenvalue weighted by molar-refractivity contribution is 1.15. The van der Waals surface area contributed by atoms with Gasteiger partial charge >= 0.3 is 0 Å². The molecular formula is C53H40N2. The molecule has 0 saturated heterocycles. The smallest absolute Gasteiger partial charge is 0.0541 e. The monoisotopic (exact) mass is 704 g/mol. The zero-order valence-corrected chi connectivity index (χ0v) is 31.6. The molecule has 2 heteroatoms. The summed E-state index contributed by atoms with van der Waals surface area (Å²) < 4.78 is 4.87. The Bertz CT molecular complexity index is 3000. The van der Waals surface area contributed by atoms with Gasteiger partial charge in [-0.15, -0.1) is 0 Å². The summed E-state index contributed by atoms with van der Waals surface area (Å²) in [5, 5.41) is 5.17. The molecule has 0 spiro atoms. The van der Waals surface area contributed by atoms with E-state index in [1.165, 1.54) is 122 Å². The average molecular weight is 705 g/mol. The highest BCUT2D eigenvalue weighted by atomic mass is 15.0. The van der Waals surface area contributed by atoms with E-state index < -0.39 is 0 Å². The summed E-state index contributed by atoms with van der Waals surface area (Å²) >= 11 is 0. The second-order valence-corrected chi connectivity index (χ2v) is 15.7. The number of aryl methyl sites for hydroxylation is 4. The summed E-state index contributed by atoms with van der Waals surface area (Å²) in [5.41, 5.74) is 23.0. The van der Waals surface area contributed by atoms with Crippen molar-refractivity contribution in [3.05, 3.63) is 191 Å². The summed E-state index contributed by atoms with van der Waals surface area (Å²) in [7, 11) is 0. The van der Waals surface area contributed by atoms with Gasteiger partial charge in [0.05, 0.1) is 22.1 Å². The minimum atomic E-state index is 0.968. The predicted molar refractivity (Wildman–Crippen MR) is 233 cm³/mol. The van der Waals surface area contributed by atoms with Crippen LogP contribution in [0.4, 0.5) is 0 Å². The molecule has 0 amide bonds. The van der Waals surface area contributed by atoms with Gasteiger partial charge in [-0.2, -0.15) is 0 Å². The quantitative estimate of drug-likeness (QED) is 0.173. The van der Waals surface area contributed by atoms with E-state index in [1.54, 1.807) is 0 Å². The molecule has 0 aliphatic heterocycles. The molecule has 0 N–H and O–H groups in total. The lowest BCUT2D eigenvalue weighted by Gasteiger charge is -2.12. The third kappa shape index (κ3) is 4.88. The fourth-order valence-electron chi connectivity index (χ4n) is 9.31. The fraction of sp³-hybridized carbons (Fsp3) is 0.0943. The predicted octanol–water partition coefficient (Wildman–Crippen LogP) is 14.0. The Labute approximate surface area is 321 Å². The highest BCUT2D eigenvalue weighted by Gasteiger charge is 2.22. The van der Waals surface area contributed by atoms with Crippen molar-refractivity contribution in [3.8, 4) is 44.8 Å². The Morgan fingerprint density at radius 3 is 1.15 bits per heavy atom. The topological polar surface area (TPSA) is 9.86 Å². The first-order valence-electron chi connectivity index (χ1n) is 19.4.